The molecule has 0 saturated carbocycles. The van der Waals surface area contributed by atoms with Gasteiger partial charge >= 0.3 is 0 Å². The molecule has 3 unspecified atom stereocenters. The summed E-state index contributed by atoms with van der Waals surface area (Å²) in [7, 11) is 0. The monoisotopic (exact) mass is 419 g/mol. The molecular weight excluding hydrogens is 394 g/mol. The van der Waals surface area contributed by atoms with Gasteiger partial charge in [0.15, 0.2) is 0 Å². The number of nitrogens with one attached hydrogen (secondary N) is 1. The highest BCUT2D eigenvalue weighted by molar-refractivity contribution is 6.22. The summed E-state index contributed by atoms with van der Waals surface area (Å²) in [6, 6.07) is 5.77. The lowest BCUT2D eigenvalue weighted by atomic mass is 10.0. The number of likely N-dealkylation sites (tertiary alicyclic amines) is 1. The lowest BCUT2D eigenvalue weighted by Crippen LogP contribution is -2.39. The van der Waals surface area contributed by atoms with Gasteiger partial charge < -0.3 is 15.0 Å². The zero-order valence-corrected chi connectivity index (χ0v) is 17.1. The number of ether oxygens (including phenoxy) is 1. The van der Waals surface area contributed by atoms with Crippen LogP contribution in [0.1, 0.15) is 63.2 Å². The first-order valence-electron chi connectivity index (χ1n) is 10.3. The van der Waals surface area contributed by atoms with Crippen LogP contribution in [0, 0.1) is 0 Å². The molecule has 29 heavy (non-hydrogen) atoms. The maximum atomic E-state index is 13.0. The fourth-order valence-corrected chi connectivity index (χ4v) is 4.89. The highest BCUT2D eigenvalue weighted by Crippen LogP contribution is 2.27. The molecule has 3 saturated heterocycles. The topological polar surface area (TPSA) is 79.0 Å². The van der Waals surface area contributed by atoms with Gasteiger partial charge in [-0.3, -0.25) is 19.3 Å². The van der Waals surface area contributed by atoms with E-state index in [4.69, 9.17) is 4.74 Å². The lowest BCUT2D eigenvalue weighted by molar-refractivity contribution is 0.0475. The van der Waals surface area contributed by atoms with Crippen molar-refractivity contribution in [3.63, 3.8) is 0 Å². The molecule has 7 nitrogen and oxygen atoms in total. The van der Waals surface area contributed by atoms with Crippen LogP contribution in [0.2, 0.25) is 0 Å². The minimum absolute atomic E-state index is 0. The number of rotatable bonds is 3. The molecule has 3 fully saturated rings. The summed E-state index contributed by atoms with van der Waals surface area (Å²) in [5.41, 5.74) is 1.20. The van der Waals surface area contributed by atoms with Crippen molar-refractivity contribution in [1.29, 1.82) is 0 Å². The van der Waals surface area contributed by atoms with E-state index >= 15 is 0 Å². The Balaban J connectivity index is 0.00000205. The van der Waals surface area contributed by atoms with Crippen molar-refractivity contribution < 1.29 is 19.1 Å². The number of nitrogens with zero attached hydrogens (tertiary/aromatic N) is 2. The van der Waals surface area contributed by atoms with E-state index in [9.17, 15) is 14.4 Å². The summed E-state index contributed by atoms with van der Waals surface area (Å²) in [5, 5.41) is 3.57. The van der Waals surface area contributed by atoms with E-state index in [-0.39, 0.29) is 42.8 Å². The fourth-order valence-electron chi connectivity index (χ4n) is 4.89. The van der Waals surface area contributed by atoms with Gasteiger partial charge in [0.05, 0.1) is 23.8 Å². The highest BCUT2D eigenvalue weighted by Gasteiger charge is 2.38. The van der Waals surface area contributed by atoms with Crippen molar-refractivity contribution in [3.05, 3.63) is 34.9 Å². The van der Waals surface area contributed by atoms with Crippen molar-refractivity contribution in [3.8, 4) is 0 Å². The summed E-state index contributed by atoms with van der Waals surface area (Å²) in [4.78, 5) is 41.7. The zero-order valence-electron chi connectivity index (χ0n) is 16.3. The van der Waals surface area contributed by atoms with E-state index in [1.54, 1.807) is 18.2 Å². The third-order valence-electron chi connectivity index (χ3n) is 6.44. The molecule has 156 valence electrons. The molecule has 0 aliphatic carbocycles. The number of benzene rings is 1. The second-order valence-electron chi connectivity index (χ2n) is 8.29. The van der Waals surface area contributed by atoms with Gasteiger partial charge in [-0.15, -0.1) is 12.4 Å². The first kappa shape index (κ1) is 20.3. The van der Waals surface area contributed by atoms with Gasteiger partial charge in [-0.05, 0) is 50.3 Å². The second-order valence-corrected chi connectivity index (χ2v) is 8.29. The molecular formula is C21H26ClN3O4. The molecule has 3 amide bonds. The SMILES string of the molecule is Cl.O=C(c1ccc2c(c1)C(=O)N(CC1CCCO1)C2=O)N1CCC2CCC(C1)N2. The van der Waals surface area contributed by atoms with Gasteiger partial charge in [0.2, 0.25) is 0 Å². The molecule has 0 spiro atoms. The Labute approximate surface area is 176 Å². The van der Waals surface area contributed by atoms with Gasteiger partial charge in [-0.25, -0.2) is 0 Å². The van der Waals surface area contributed by atoms with Gasteiger partial charge in [0, 0.05) is 37.3 Å². The molecule has 1 aromatic rings. The van der Waals surface area contributed by atoms with Gasteiger partial charge in [0.1, 0.15) is 0 Å². The van der Waals surface area contributed by atoms with Crippen LogP contribution in [0.15, 0.2) is 18.2 Å². The van der Waals surface area contributed by atoms with Gasteiger partial charge in [-0.1, -0.05) is 0 Å². The number of hydrogen-bond acceptors (Lipinski definition) is 5. The van der Waals surface area contributed by atoms with Crippen LogP contribution in [0.3, 0.4) is 0 Å². The molecule has 2 bridgehead atoms. The number of amides is 3. The average Bonchev–Trinajstić information content (AvgIpc) is 3.38. The second kappa shape index (κ2) is 8.05. The minimum Gasteiger partial charge on any atom is -0.376 e. The van der Waals surface area contributed by atoms with Crippen LogP contribution < -0.4 is 5.32 Å². The third kappa shape index (κ3) is 3.67. The van der Waals surface area contributed by atoms with Crippen LogP contribution in [0.25, 0.3) is 0 Å². The lowest BCUT2D eigenvalue weighted by Gasteiger charge is -2.24. The summed E-state index contributed by atoms with van der Waals surface area (Å²) < 4.78 is 5.57. The maximum absolute atomic E-state index is 13.0. The number of hydrogen-bond donors (Lipinski definition) is 1. The quantitative estimate of drug-likeness (QED) is 0.756. The summed E-state index contributed by atoms with van der Waals surface area (Å²) in [6.07, 6.45) is 4.98. The first-order valence-corrected chi connectivity index (χ1v) is 10.3. The summed E-state index contributed by atoms with van der Waals surface area (Å²) in [6.45, 7) is 2.39. The number of fused-ring (bicyclic) bond motifs is 3. The Morgan fingerprint density at radius 2 is 1.86 bits per heavy atom. The van der Waals surface area contributed by atoms with Crippen molar-refractivity contribution in [2.24, 2.45) is 0 Å². The van der Waals surface area contributed by atoms with Crippen LogP contribution in [0.5, 0.6) is 0 Å². The summed E-state index contributed by atoms with van der Waals surface area (Å²) in [5.74, 6) is -0.664. The Morgan fingerprint density at radius 3 is 2.66 bits per heavy atom. The molecule has 1 aromatic carbocycles. The number of imide groups is 1. The summed E-state index contributed by atoms with van der Waals surface area (Å²) >= 11 is 0. The first-order chi connectivity index (χ1) is 13.6. The normalized spacial score (nSPS) is 28.3. The number of carbonyl (C=O) groups excluding carboxylic acids is 3. The van der Waals surface area contributed by atoms with E-state index < -0.39 is 0 Å². The van der Waals surface area contributed by atoms with Gasteiger partial charge in [-0.2, -0.15) is 0 Å². The highest BCUT2D eigenvalue weighted by atomic mass is 35.5. The predicted octanol–water partition coefficient (Wildman–Crippen LogP) is 1.85. The molecule has 0 radical (unpaired) electrons. The van der Waals surface area contributed by atoms with E-state index in [0.29, 0.717) is 41.9 Å². The predicted molar refractivity (Wildman–Crippen MR) is 108 cm³/mol. The van der Waals surface area contributed by atoms with Crippen LogP contribution in [0.4, 0.5) is 0 Å². The maximum Gasteiger partial charge on any atom is 0.261 e. The molecule has 4 aliphatic heterocycles. The molecule has 1 N–H and O–H groups in total. The fraction of sp³-hybridized carbons (Fsp3) is 0.571. The van der Waals surface area contributed by atoms with E-state index in [1.165, 1.54) is 11.3 Å². The van der Waals surface area contributed by atoms with Gasteiger partial charge in [0.25, 0.3) is 17.7 Å². The standard InChI is InChI=1S/C21H25N3O4.ClH/c25-19(23-8-7-14-4-5-15(11-23)22-14)13-3-6-17-18(10-13)21(27)24(20(17)26)12-16-2-1-9-28-16;/h3,6,10,14-16,22H,1-2,4-5,7-9,11-12H2;1H. The Morgan fingerprint density at radius 1 is 1.07 bits per heavy atom. The number of halogens is 1. The molecule has 3 atom stereocenters. The third-order valence-corrected chi connectivity index (χ3v) is 6.44. The molecule has 0 aromatic heterocycles. The van der Waals surface area contributed by atoms with E-state index in [0.717, 1.165) is 32.2 Å². The van der Waals surface area contributed by atoms with E-state index in [1.807, 2.05) is 4.90 Å². The van der Waals surface area contributed by atoms with Crippen molar-refractivity contribution >= 4 is 30.1 Å². The largest absolute Gasteiger partial charge is 0.376 e. The molecule has 8 heteroatoms. The number of carbonyl (C=O) groups is 3. The Bertz CT molecular complexity index is 839. The van der Waals surface area contributed by atoms with Crippen LogP contribution >= 0.6 is 12.4 Å². The Hall–Kier alpha value is -1.96. The van der Waals surface area contributed by atoms with Crippen molar-refractivity contribution in [2.75, 3.05) is 26.2 Å². The molecule has 4 heterocycles. The van der Waals surface area contributed by atoms with E-state index in [2.05, 4.69) is 5.32 Å². The minimum atomic E-state index is -0.318. The smallest absolute Gasteiger partial charge is 0.261 e. The van der Waals surface area contributed by atoms with Crippen molar-refractivity contribution in [1.82, 2.24) is 15.1 Å². The molecule has 5 rings (SSSR count). The van der Waals surface area contributed by atoms with Crippen LogP contribution in [-0.2, 0) is 4.74 Å². The van der Waals surface area contributed by atoms with Crippen molar-refractivity contribution in [2.45, 2.75) is 50.3 Å². The van der Waals surface area contributed by atoms with Crippen LogP contribution in [-0.4, -0.2) is 72.0 Å². The Kier molecular flexibility index (Phi) is 5.64. The average molecular weight is 420 g/mol. The molecule has 4 aliphatic rings. The zero-order chi connectivity index (χ0) is 19.3.